The van der Waals surface area contributed by atoms with E-state index in [9.17, 15) is 5.11 Å². The first-order valence-corrected chi connectivity index (χ1v) is 7.56. The van der Waals surface area contributed by atoms with Crippen molar-refractivity contribution in [3.63, 3.8) is 0 Å². The molecule has 0 radical (unpaired) electrons. The second kappa shape index (κ2) is 7.14. The quantitative estimate of drug-likeness (QED) is 0.767. The molecule has 0 aromatic heterocycles. The number of likely N-dealkylation sites (tertiary alicyclic amines) is 1. The van der Waals surface area contributed by atoms with Crippen LogP contribution in [-0.2, 0) is 0 Å². The lowest BCUT2D eigenvalue weighted by molar-refractivity contribution is 0.175. The number of β-amino-alcohol motifs (C(OH)–C–C–N with tert-alkyl or cyclic N) is 1. The molecule has 0 aliphatic carbocycles. The molecule has 1 aliphatic rings. The maximum atomic E-state index is 9.44. The predicted octanol–water partition coefficient (Wildman–Crippen LogP) is 1.56. The molecule has 3 N–H and O–H groups in total. The highest BCUT2D eigenvalue weighted by atomic mass is 32.2. The van der Waals surface area contributed by atoms with Crippen molar-refractivity contribution < 1.29 is 5.11 Å². The highest BCUT2D eigenvalue weighted by Crippen LogP contribution is 2.18. The number of aliphatic hydroxyl groups is 1. The summed E-state index contributed by atoms with van der Waals surface area (Å²) in [6.07, 6.45) is 1.79. The number of nitrogens with two attached hydrogens (primary N) is 1. The number of thioether (sulfide) groups is 1. The second-order valence-corrected chi connectivity index (χ2v) is 6.01. The molecule has 0 saturated carbocycles. The van der Waals surface area contributed by atoms with E-state index in [1.54, 1.807) is 0 Å². The monoisotopic (exact) mass is 266 g/mol. The maximum Gasteiger partial charge on any atom is 0.0679 e. The SMILES string of the molecule is NC(CCN1CCC(O)C1)CSc1ccccc1. The molecule has 3 nitrogen and oxygen atoms in total. The van der Waals surface area contributed by atoms with Gasteiger partial charge in [0.25, 0.3) is 0 Å². The van der Waals surface area contributed by atoms with Gasteiger partial charge in [-0.1, -0.05) is 18.2 Å². The van der Waals surface area contributed by atoms with Crippen molar-refractivity contribution in [2.24, 2.45) is 5.73 Å². The maximum absolute atomic E-state index is 9.44. The Kier molecular flexibility index (Phi) is 5.50. The van der Waals surface area contributed by atoms with E-state index in [1.165, 1.54) is 4.90 Å². The molecule has 1 heterocycles. The Morgan fingerprint density at radius 3 is 2.83 bits per heavy atom. The summed E-state index contributed by atoms with van der Waals surface area (Å²) >= 11 is 1.82. The zero-order valence-corrected chi connectivity index (χ0v) is 11.5. The van der Waals surface area contributed by atoms with Crippen LogP contribution in [0.1, 0.15) is 12.8 Å². The molecular formula is C14H22N2OS. The van der Waals surface area contributed by atoms with Crippen LogP contribution < -0.4 is 5.73 Å². The zero-order valence-electron chi connectivity index (χ0n) is 10.7. The van der Waals surface area contributed by atoms with Crippen LogP contribution in [0, 0.1) is 0 Å². The van der Waals surface area contributed by atoms with Crippen LogP contribution in [0.25, 0.3) is 0 Å². The molecule has 1 aromatic carbocycles. The van der Waals surface area contributed by atoms with Gasteiger partial charge in [-0.25, -0.2) is 0 Å². The van der Waals surface area contributed by atoms with Crippen molar-refractivity contribution >= 4 is 11.8 Å². The van der Waals surface area contributed by atoms with Gasteiger partial charge >= 0.3 is 0 Å². The smallest absolute Gasteiger partial charge is 0.0679 e. The van der Waals surface area contributed by atoms with Crippen molar-refractivity contribution in [1.82, 2.24) is 4.90 Å². The Labute approximate surface area is 113 Å². The Morgan fingerprint density at radius 2 is 2.17 bits per heavy atom. The van der Waals surface area contributed by atoms with Crippen molar-refractivity contribution in [2.75, 3.05) is 25.4 Å². The molecule has 2 rings (SSSR count). The van der Waals surface area contributed by atoms with E-state index in [0.717, 1.165) is 38.2 Å². The molecule has 18 heavy (non-hydrogen) atoms. The van der Waals surface area contributed by atoms with Crippen molar-refractivity contribution in [3.05, 3.63) is 30.3 Å². The summed E-state index contributed by atoms with van der Waals surface area (Å²) in [5.74, 6) is 0.959. The molecule has 1 aromatic rings. The van der Waals surface area contributed by atoms with E-state index in [0.29, 0.717) is 0 Å². The Hall–Kier alpha value is -0.550. The van der Waals surface area contributed by atoms with Crippen LogP contribution in [0.3, 0.4) is 0 Å². The molecular weight excluding hydrogens is 244 g/mol. The van der Waals surface area contributed by atoms with Crippen LogP contribution in [0.5, 0.6) is 0 Å². The third-order valence-electron chi connectivity index (χ3n) is 3.27. The van der Waals surface area contributed by atoms with Gasteiger partial charge in [0.15, 0.2) is 0 Å². The van der Waals surface area contributed by atoms with Crippen molar-refractivity contribution in [1.29, 1.82) is 0 Å². The van der Waals surface area contributed by atoms with Crippen LogP contribution in [0.2, 0.25) is 0 Å². The number of hydrogen-bond donors (Lipinski definition) is 2. The lowest BCUT2D eigenvalue weighted by atomic mass is 10.2. The molecule has 1 aliphatic heterocycles. The van der Waals surface area contributed by atoms with Crippen molar-refractivity contribution in [3.8, 4) is 0 Å². The van der Waals surface area contributed by atoms with Gasteiger partial charge in [0, 0.05) is 29.8 Å². The lowest BCUT2D eigenvalue weighted by Crippen LogP contribution is -2.31. The van der Waals surface area contributed by atoms with Crippen LogP contribution in [0.15, 0.2) is 35.2 Å². The van der Waals surface area contributed by atoms with Crippen LogP contribution >= 0.6 is 11.8 Å². The predicted molar refractivity (Wildman–Crippen MR) is 76.8 cm³/mol. The first-order valence-electron chi connectivity index (χ1n) is 6.58. The van der Waals surface area contributed by atoms with E-state index in [1.807, 2.05) is 17.8 Å². The fourth-order valence-corrected chi connectivity index (χ4v) is 3.09. The van der Waals surface area contributed by atoms with Gasteiger partial charge in [0.05, 0.1) is 6.10 Å². The first-order chi connectivity index (χ1) is 8.74. The average Bonchev–Trinajstić information content (AvgIpc) is 2.81. The fraction of sp³-hybridized carbons (Fsp3) is 0.571. The number of aliphatic hydroxyl groups excluding tert-OH is 1. The van der Waals surface area contributed by atoms with Gasteiger partial charge in [0.2, 0.25) is 0 Å². The largest absolute Gasteiger partial charge is 0.392 e. The molecule has 0 bridgehead atoms. The van der Waals surface area contributed by atoms with Crippen molar-refractivity contribution in [2.45, 2.75) is 29.9 Å². The summed E-state index contributed by atoms with van der Waals surface area (Å²) in [6.45, 7) is 2.84. The van der Waals surface area contributed by atoms with E-state index < -0.39 is 0 Å². The second-order valence-electron chi connectivity index (χ2n) is 4.92. The summed E-state index contributed by atoms with van der Waals surface area (Å²) in [6, 6.07) is 10.6. The van der Waals surface area contributed by atoms with Gasteiger partial charge in [-0.3, -0.25) is 0 Å². The molecule has 1 fully saturated rings. The number of hydrogen-bond acceptors (Lipinski definition) is 4. The van der Waals surface area contributed by atoms with Gasteiger partial charge in [-0.2, -0.15) is 0 Å². The summed E-state index contributed by atoms with van der Waals surface area (Å²) in [5, 5.41) is 9.44. The normalized spacial score (nSPS) is 22.2. The molecule has 1 saturated heterocycles. The Balaban J connectivity index is 1.62. The number of nitrogens with zero attached hydrogens (tertiary/aromatic N) is 1. The van der Waals surface area contributed by atoms with E-state index in [4.69, 9.17) is 5.73 Å². The van der Waals surface area contributed by atoms with Crippen LogP contribution in [0.4, 0.5) is 0 Å². The minimum Gasteiger partial charge on any atom is -0.392 e. The Morgan fingerprint density at radius 1 is 1.39 bits per heavy atom. The summed E-state index contributed by atoms with van der Waals surface area (Å²) in [5.41, 5.74) is 6.12. The van der Waals surface area contributed by atoms with Gasteiger partial charge in [0.1, 0.15) is 0 Å². The topological polar surface area (TPSA) is 49.5 Å². The summed E-state index contributed by atoms with van der Waals surface area (Å²) in [4.78, 5) is 3.59. The third-order valence-corrected chi connectivity index (χ3v) is 4.47. The molecule has 2 unspecified atom stereocenters. The van der Waals surface area contributed by atoms with Gasteiger partial charge < -0.3 is 15.7 Å². The third kappa shape index (κ3) is 4.61. The molecule has 2 atom stereocenters. The standard InChI is InChI=1S/C14H22N2OS/c15-12(6-8-16-9-7-13(17)10-16)11-18-14-4-2-1-3-5-14/h1-5,12-13,17H,6-11,15H2. The van der Waals surface area contributed by atoms with Gasteiger partial charge in [-0.05, 0) is 31.5 Å². The minimum absolute atomic E-state index is 0.125. The van der Waals surface area contributed by atoms with E-state index >= 15 is 0 Å². The summed E-state index contributed by atoms with van der Waals surface area (Å²) < 4.78 is 0. The van der Waals surface area contributed by atoms with Gasteiger partial charge in [-0.15, -0.1) is 11.8 Å². The summed E-state index contributed by atoms with van der Waals surface area (Å²) in [7, 11) is 0. The molecule has 0 amide bonds. The zero-order chi connectivity index (χ0) is 12.8. The van der Waals surface area contributed by atoms with E-state index in [-0.39, 0.29) is 12.1 Å². The first kappa shape index (κ1) is 13.9. The molecule has 0 spiro atoms. The highest BCUT2D eigenvalue weighted by Gasteiger charge is 2.20. The van der Waals surface area contributed by atoms with Crippen LogP contribution in [-0.4, -0.2) is 47.5 Å². The highest BCUT2D eigenvalue weighted by molar-refractivity contribution is 7.99. The minimum atomic E-state index is -0.125. The number of rotatable bonds is 6. The van der Waals surface area contributed by atoms with E-state index in [2.05, 4.69) is 29.2 Å². The number of benzene rings is 1. The Bertz CT molecular complexity index is 347. The fourth-order valence-electron chi connectivity index (χ4n) is 2.17. The lowest BCUT2D eigenvalue weighted by Gasteiger charge is -2.18. The average molecular weight is 266 g/mol. The molecule has 4 heteroatoms. The molecule has 100 valence electrons.